The van der Waals surface area contributed by atoms with Crippen molar-refractivity contribution in [1.82, 2.24) is 0 Å². The van der Waals surface area contributed by atoms with Crippen LogP contribution in [-0.2, 0) is 6.61 Å². The van der Waals surface area contributed by atoms with Crippen LogP contribution in [0.25, 0.3) is 0 Å². The predicted molar refractivity (Wildman–Crippen MR) is 78.1 cm³/mol. The number of hydrogen-bond acceptors (Lipinski definition) is 4. The lowest BCUT2D eigenvalue weighted by molar-refractivity contribution is -0.384. The highest BCUT2D eigenvalue weighted by molar-refractivity contribution is 5.99. The largest absolute Gasteiger partial charge is 0.392 e. The Morgan fingerprint density at radius 2 is 1.76 bits per heavy atom. The van der Waals surface area contributed by atoms with Gasteiger partial charge in [0, 0.05) is 23.5 Å². The molecule has 0 aliphatic carbocycles. The van der Waals surface area contributed by atoms with Gasteiger partial charge in [-0.15, -0.1) is 0 Å². The average molecular weight is 287 g/mol. The SMILES string of the molecule is O=C(Nc1ccc(CO)cc1)Nc1cccc([N+](=O)[O-])c1. The number of anilines is 2. The van der Waals surface area contributed by atoms with Crippen molar-refractivity contribution in [3.05, 3.63) is 64.2 Å². The van der Waals surface area contributed by atoms with Gasteiger partial charge >= 0.3 is 6.03 Å². The van der Waals surface area contributed by atoms with E-state index < -0.39 is 11.0 Å². The molecule has 2 aromatic carbocycles. The Kier molecular flexibility index (Phi) is 4.47. The Morgan fingerprint density at radius 1 is 1.10 bits per heavy atom. The van der Waals surface area contributed by atoms with Crippen LogP contribution < -0.4 is 10.6 Å². The molecule has 0 aliphatic heterocycles. The number of amides is 2. The molecule has 2 amide bonds. The van der Waals surface area contributed by atoms with Crippen LogP contribution >= 0.6 is 0 Å². The second-order valence-corrected chi connectivity index (χ2v) is 4.24. The van der Waals surface area contributed by atoms with Crippen LogP contribution in [0.4, 0.5) is 21.9 Å². The van der Waals surface area contributed by atoms with E-state index in [1.165, 1.54) is 18.2 Å². The molecule has 0 spiro atoms. The summed E-state index contributed by atoms with van der Waals surface area (Å²) in [6, 6.07) is 11.8. The molecule has 0 aliphatic rings. The number of nitrogens with zero attached hydrogens (tertiary/aromatic N) is 1. The van der Waals surface area contributed by atoms with E-state index in [0.29, 0.717) is 11.4 Å². The number of nitro benzene ring substituents is 1. The highest BCUT2D eigenvalue weighted by Gasteiger charge is 2.08. The molecule has 7 nitrogen and oxygen atoms in total. The van der Waals surface area contributed by atoms with E-state index in [4.69, 9.17) is 5.11 Å². The lowest BCUT2D eigenvalue weighted by atomic mass is 10.2. The number of urea groups is 1. The number of aliphatic hydroxyl groups is 1. The average Bonchev–Trinajstić information content (AvgIpc) is 2.48. The van der Waals surface area contributed by atoms with Gasteiger partial charge in [-0.1, -0.05) is 18.2 Å². The standard InChI is InChI=1S/C14H13N3O4/c18-9-10-4-6-11(7-5-10)15-14(19)16-12-2-1-3-13(8-12)17(20)21/h1-8,18H,9H2,(H2,15,16,19). The first-order chi connectivity index (χ1) is 10.1. The third-order valence-corrected chi connectivity index (χ3v) is 2.71. The van der Waals surface area contributed by atoms with Crippen LogP contribution in [0.2, 0.25) is 0 Å². The topological polar surface area (TPSA) is 104 Å². The van der Waals surface area contributed by atoms with E-state index in [1.54, 1.807) is 30.3 Å². The Balaban J connectivity index is 2.00. The molecule has 0 saturated heterocycles. The third kappa shape index (κ3) is 4.02. The van der Waals surface area contributed by atoms with Crippen LogP contribution in [0.15, 0.2) is 48.5 Å². The summed E-state index contributed by atoms with van der Waals surface area (Å²) in [5.41, 5.74) is 1.52. The van der Waals surface area contributed by atoms with Crippen molar-refractivity contribution in [2.24, 2.45) is 0 Å². The maximum atomic E-state index is 11.8. The summed E-state index contributed by atoms with van der Waals surface area (Å²) in [6.07, 6.45) is 0. The van der Waals surface area contributed by atoms with Gasteiger partial charge in [-0.2, -0.15) is 0 Å². The molecule has 0 unspecified atom stereocenters. The van der Waals surface area contributed by atoms with E-state index in [-0.39, 0.29) is 12.3 Å². The molecule has 108 valence electrons. The molecule has 2 rings (SSSR count). The minimum absolute atomic E-state index is 0.0693. The van der Waals surface area contributed by atoms with Gasteiger partial charge in [0.25, 0.3) is 5.69 Å². The minimum atomic E-state index is -0.531. The maximum Gasteiger partial charge on any atom is 0.323 e. The van der Waals surface area contributed by atoms with E-state index in [0.717, 1.165) is 5.56 Å². The van der Waals surface area contributed by atoms with Crippen molar-refractivity contribution in [3.8, 4) is 0 Å². The number of nitro groups is 1. The summed E-state index contributed by atoms with van der Waals surface area (Å²) in [6.45, 7) is -0.0693. The van der Waals surface area contributed by atoms with Gasteiger partial charge in [0.1, 0.15) is 0 Å². The van der Waals surface area contributed by atoms with Crippen molar-refractivity contribution in [2.45, 2.75) is 6.61 Å². The quantitative estimate of drug-likeness (QED) is 0.594. The molecule has 0 saturated carbocycles. The smallest absolute Gasteiger partial charge is 0.323 e. The van der Waals surface area contributed by atoms with Crippen molar-refractivity contribution < 1.29 is 14.8 Å². The number of rotatable bonds is 4. The normalized spacial score (nSPS) is 9.95. The Bertz CT molecular complexity index is 656. The van der Waals surface area contributed by atoms with Gasteiger partial charge in [-0.05, 0) is 23.8 Å². The summed E-state index contributed by atoms with van der Waals surface area (Å²) in [5, 5.41) is 24.7. The number of benzene rings is 2. The number of carbonyl (C=O) groups is 1. The number of non-ortho nitro benzene ring substituents is 1. The predicted octanol–water partition coefficient (Wildman–Crippen LogP) is 2.73. The fourth-order valence-electron chi connectivity index (χ4n) is 1.68. The molecule has 3 N–H and O–H groups in total. The molecule has 0 bridgehead atoms. The summed E-state index contributed by atoms with van der Waals surface area (Å²) >= 11 is 0. The fraction of sp³-hybridized carbons (Fsp3) is 0.0714. The number of hydrogen-bond donors (Lipinski definition) is 3. The monoisotopic (exact) mass is 287 g/mol. The van der Waals surface area contributed by atoms with Crippen LogP contribution in [-0.4, -0.2) is 16.1 Å². The van der Waals surface area contributed by atoms with E-state index in [1.807, 2.05) is 0 Å². The maximum absolute atomic E-state index is 11.8. The lowest BCUT2D eigenvalue weighted by Gasteiger charge is -2.08. The zero-order chi connectivity index (χ0) is 15.2. The fourth-order valence-corrected chi connectivity index (χ4v) is 1.68. The van der Waals surface area contributed by atoms with Gasteiger partial charge in [-0.25, -0.2) is 4.79 Å². The molecular formula is C14H13N3O4. The summed E-state index contributed by atoms with van der Waals surface area (Å²) in [7, 11) is 0. The molecule has 0 aromatic heterocycles. The molecule has 0 radical (unpaired) electrons. The zero-order valence-electron chi connectivity index (χ0n) is 10.9. The van der Waals surface area contributed by atoms with Crippen LogP contribution in [0.1, 0.15) is 5.56 Å². The molecule has 21 heavy (non-hydrogen) atoms. The molecule has 2 aromatic rings. The van der Waals surface area contributed by atoms with E-state index in [2.05, 4.69) is 10.6 Å². The van der Waals surface area contributed by atoms with Crippen LogP contribution in [0, 0.1) is 10.1 Å². The first kappa shape index (κ1) is 14.5. The number of carbonyl (C=O) groups excluding carboxylic acids is 1. The number of aliphatic hydroxyl groups excluding tert-OH is 1. The van der Waals surface area contributed by atoms with E-state index >= 15 is 0 Å². The minimum Gasteiger partial charge on any atom is -0.392 e. The van der Waals surface area contributed by atoms with Gasteiger partial charge in [-0.3, -0.25) is 10.1 Å². The van der Waals surface area contributed by atoms with Crippen LogP contribution in [0.5, 0.6) is 0 Å². The van der Waals surface area contributed by atoms with E-state index in [9.17, 15) is 14.9 Å². The van der Waals surface area contributed by atoms with Crippen molar-refractivity contribution in [2.75, 3.05) is 10.6 Å². The van der Waals surface area contributed by atoms with Gasteiger partial charge in [0.15, 0.2) is 0 Å². The van der Waals surface area contributed by atoms with Gasteiger partial charge in [0.05, 0.1) is 11.5 Å². The van der Waals surface area contributed by atoms with Gasteiger partial charge < -0.3 is 15.7 Å². The van der Waals surface area contributed by atoms with Gasteiger partial charge in [0.2, 0.25) is 0 Å². The molecule has 7 heteroatoms. The first-order valence-electron chi connectivity index (χ1n) is 6.11. The van der Waals surface area contributed by atoms with Crippen molar-refractivity contribution in [1.29, 1.82) is 0 Å². The van der Waals surface area contributed by atoms with Crippen LogP contribution in [0.3, 0.4) is 0 Å². The number of nitrogens with one attached hydrogen (secondary N) is 2. The Morgan fingerprint density at radius 3 is 2.38 bits per heavy atom. The van der Waals surface area contributed by atoms with Crippen molar-refractivity contribution >= 4 is 23.1 Å². The molecular weight excluding hydrogens is 274 g/mol. The highest BCUT2D eigenvalue weighted by atomic mass is 16.6. The molecule has 0 fully saturated rings. The second kappa shape index (κ2) is 6.49. The lowest BCUT2D eigenvalue weighted by Crippen LogP contribution is -2.19. The highest BCUT2D eigenvalue weighted by Crippen LogP contribution is 2.17. The Labute approximate surface area is 120 Å². The third-order valence-electron chi connectivity index (χ3n) is 2.71. The molecule has 0 atom stereocenters. The second-order valence-electron chi connectivity index (χ2n) is 4.24. The zero-order valence-corrected chi connectivity index (χ0v) is 10.9. The summed E-state index contributed by atoms with van der Waals surface area (Å²) in [4.78, 5) is 21.9. The summed E-state index contributed by atoms with van der Waals surface area (Å²) in [5.74, 6) is 0. The summed E-state index contributed by atoms with van der Waals surface area (Å²) < 4.78 is 0. The molecule has 0 heterocycles. The Hall–Kier alpha value is -2.93. The van der Waals surface area contributed by atoms with Crippen molar-refractivity contribution in [3.63, 3.8) is 0 Å². The first-order valence-corrected chi connectivity index (χ1v) is 6.11.